The predicted octanol–water partition coefficient (Wildman–Crippen LogP) is 0.754. The van der Waals surface area contributed by atoms with E-state index in [-0.39, 0.29) is 11.7 Å². The predicted molar refractivity (Wildman–Crippen MR) is 54.0 cm³/mol. The van der Waals surface area contributed by atoms with E-state index < -0.39 is 5.92 Å². The van der Waals surface area contributed by atoms with Crippen LogP contribution in [0.1, 0.15) is 27.2 Å². The average Bonchev–Trinajstić information content (AvgIpc) is 2.21. The fraction of sp³-hybridized carbons (Fsp3) is 0.800. The van der Waals surface area contributed by atoms with Crippen LogP contribution in [0.4, 0.5) is 0 Å². The molecule has 0 radical (unpaired) electrons. The Labute approximate surface area is 85.0 Å². The molecule has 0 fully saturated rings. The van der Waals surface area contributed by atoms with E-state index in [2.05, 4.69) is 5.32 Å². The van der Waals surface area contributed by atoms with E-state index in [0.29, 0.717) is 26.2 Å². The molecule has 0 heterocycles. The summed E-state index contributed by atoms with van der Waals surface area (Å²) in [5.74, 6) is -0.780. The summed E-state index contributed by atoms with van der Waals surface area (Å²) in [6.07, 6.45) is 0.403. The van der Waals surface area contributed by atoms with Crippen LogP contribution in [0.25, 0.3) is 0 Å². The highest BCUT2D eigenvalue weighted by Gasteiger charge is 2.18. The van der Waals surface area contributed by atoms with E-state index in [1.54, 1.807) is 13.8 Å². The van der Waals surface area contributed by atoms with E-state index in [4.69, 9.17) is 4.74 Å². The van der Waals surface area contributed by atoms with Crippen LogP contribution in [0, 0.1) is 5.92 Å². The van der Waals surface area contributed by atoms with Gasteiger partial charge in [0, 0.05) is 19.6 Å². The second kappa shape index (κ2) is 7.50. The molecule has 0 bridgehead atoms. The zero-order chi connectivity index (χ0) is 11.0. The second-order valence-corrected chi connectivity index (χ2v) is 3.03. The maximum atomic E-state index is 11.3. The van der Waals surface area contributed by atoms with Crippen LogP contribution < -0.4 is 5.32 Å². The van der Waals surface area contributed by atoms with Crippen molar-refractivity contribution in [1.29, 1.82) is 0 Å². The average molecular weight is 201 g/mol. The van der Waals surface area contributed by atoms with Crippen molar-refractivity contribution < 1.29 is 14.3 Å². The minimum atomic E-state index is -0.540. The number of amides is 1. The summed E-state index contributed by atoms with van der Waals surface area (Å²) in [4.78, 5) is 22.5. The van der Waals surface area contributed by atoms with Crippen LogP contribution in [0.15, 0.2) is 0 Å². The van der Waals surface area contributed by atoms with Crippen molar-refractivity contribution in [3.63, 3.8) is 0 Å². The van der Waals surface area contributed by atoms with Gasteiger partial charge in [0.1, 0.15) is 5.78 Å². The van der Waals surface area contributed by atoms with Gasteiger partial charge >= 0.3 is 0 Å². The van der Waals surface area contributed by atoms with Gasteiger partial charge in [-0.1, -0.05) is 6.92 Å². The van der Waals surface area contributed by atoms with Gasteiger partial charge in [-0.3, -0.25) is 9.59 Å². The van der Waals surface area contributed by atoms with E-state index in [0.717, 1.165) is 0 Å². The summed E-state index contributed by atoms with van der Waals surface area (Å²) >= 11 is 0. The first-order valence-electron chi connectivity index (χ1n) is 5.01. The van der Waals surface area contributed by atoms with Crippen LogP contribution >= 0.6 is 0 Å². The normalized spacial score (nSPS) is 12.2. The third kappa shape index (κ3) is 4.97. The molecule has 1 unspecified atom stereocenters. The van der Waals surface area contributed by atoms with Crippen molar-refractivity contribution >= 4 is 11.7 Å². The van der Waals surface area contributed by atoms with Gasteiger partial charge in [0.2, 0.25) is 5.91 Å². The van der Waals surface area contributed by atoms with E-state index in [1.807, 2.05) is 6.92 Å². The molecule has 14 heavy (non-hydrogen) atoms. The number of Topliss-reactive ketones (excluding diaryl/α,β-unsaturated/α-hetero) is 1. The summed E-state index contributed by atoms with van der Waals surface area (Å²) < 4.78 is 5.05. The van der Waals surface area contributed by atoms with Crippen molar-refractivity contribution in [3.8, 4) is 0 Å². The molecule has 0 aliphatic heterocycles. The second-order valence-electron chi connectivity index (χ2n) is 3.03. The molecule has 0 saturated heterocycles. The van der Waals surface area contributed by atoms with Gasteiger partial charge in [-0.25, -0.2) is 0 Å². The molecule has 4 heteroatoms. The highest BCUT2D eigenvalue weighted by atomic mass is 16.5. The highest BCUT2D eigenvalue weighted by molar-refractivity contribution is 6.00. The van der Waals surface area contributed by atoms with Gasteiger partial charge in [0.05, 0.1) is 12.5 Å². The molecule has 4 nitrogen and oxygen atoms in total. The molecule has 0 saturated carbocycles. The van der Waals surface area contributed by atoms with Crippen molar-refractivity contribution in [2.24, 2.45) is 5.92 Å². The Morgan fingerprint density at radius 2 is 2.00 bits per heavy atom. The summed E-state index contributed by atoms with van der Waals surface area (Å²) in [5.41, 5.74) is 0. The van der Waals surface area contributed by atoms with Crippen molar-refractivity contribution in [1.82, 2.24) is 5.32 Å². The van der Waals surface area contributed by atoms with E-state index in [9.17, 15) is 9.59 Å². The van der Waals surface area contributed by atoms with Crippen LogP contribution in [-0.2, 0) is 14.3 Å². The fourth-order valence-corrected chi connectivity index (χ4v) is 0.996. The molecule has 1 N–H and O–H groups in total. The first-order valence-corrected chi connectivity index (χ1v) is 5.01. The first-order chi connectivity index (χ1) is 6.63. The standard InChI is InChI=1S/C10H19NO3/c1-4-9(12)8(3)10(13)11-6-7-14-5-2/h8H,4-7H2,1-3H3,(H,11,13). The van der Waals surface area contributed by atoms with Crippen molar-refractivity contribution in [2.45, 2.75) is 27.2 Å². The lowest BCUT2D eigenvalue weighted by molar-refractivity contribution is -0.133. The molecule has 0 aromatic rings. The Hall–Kier alpha value is -0.900. The summed E-state index contributed by atoms with van der Waals surface area (Å²) in [6.45, 7) is 6.88. The number of nitrogens with one attached hydrogen (secondary N) is 1. The van der Waals surface area contributed by atoms with Gasteiger partial charge < -0.3 is 10.1 Å². The van der Waals surface area contributed by atoms with Gasteiger partial charge in [-0.15, -0.1) is 0 Å². The van der Waals surface area contributed by atoms with E-state index >= 15 is 0 Å². The lowest BCUT2D eigenvalue weighted by Crippen LogP contribution is -2.35. The highest BCUT2D eigenvalue weighted by Crippen LogP contribution is 1.99. The largest absolute Gasteiger partial charge is 0.380 e. The first kappa shape index (κ1) is 13.1. The summed E-state index contributed by atoms with van der Waals surface area (Å²) in [5, 5.41) is 2.65. The molecule has 1 atom stereocenters. The number of ketones is 1. The van der Waals surface area contributed by atoms with Crippen molar-refractivity contribution in [3.05, 3.63) is 0 Å². The summed E-state index contributed by atoms with van der Waals surface area (Å²) in [6, 6.07) is 0. The lowest BCUT2D eigenvalue weighted by atomic mass is 10.0. The molecule has 1 amide bonds. The smallest absolute Gasteiger partial charge is 0.230 e. The minimum absolute atomic E-state index is 0.0288. The molecule has 0 aromatic carbocycles. The minimum Gasteiger partial charge on any atom is -0.380 e. The van der Waals surface area contributed by atoms with Crippen LogP contribution in [0.3, 0.4) is 0 Å². The summed E-state index contributed by atoms with van der Waals surface area (Å²) in [7, 11) is 0. The van der Waals surface area contributed by atoms with Gasteiger partial charge in [0.15, 0.2) is 0 Å². The third-order valence-corrected chi connectivity index (χ3v) is 1.97. The molecule has 0 aromatic heterocycles. The number of carbonyl (C=O) groups is 2. The number of hydrogen-bond acceptors (Lipinski definition) is 3. The quantitative estimate of drug-likeness (QED) is 0.488. The molecule has 0 aliphatic rings. The van der Waals surface area contributed by atoms with Gasteiger partial charge in [-0.2, -0.15) is 0 Å². The Morgan fingerprint density at radius 3 is 2.50 bits per heavy atom. The fourth-order valence-electron chi connectivity index (χ4n) is 0.996. The van der Waals surface area contributed by atoms with Crippen LogP contribution in [-0.4, -0.2) is 31.4 Å². The van der Waals surface area contributed by atoms with Crippen LogP contribution in [0.5, 0.6) is 0 Å². The molecule has 0 aliphatic carbocycles. The maximum Gasteiger partial charge on any atom is 0.230 e. The molecular formula is C10H19NO3. The Bertz CT molecular complexity index is 192. The Balaban J connectivity index is 3.68. The lowest BCUT2D eigenvalue weighted by Gasteiger charge is -2.09. The Morgan fingerprint density at radius 1 is 1.36 bits per heavy atom. The maximum absolute atomic E-state index is 11.3. The molecule has 0 spiro atoms. The number of carbonyl (C=O) groups excluding carboxylic acids is 2. The monoisotopic (exact) mass is 201 g/mol. The molecule has 0 rings (SSSR count). The SMILES string of the molecule is CCOCCNC(=O)C(C)C(=O)CC. The van der Waals surface area contributed by atoms with Gasteiger partial charge in [-0.05, 0) is 13.8 Å². The molecule has 82 valence electrons. The zero-order valence-electron chi connectivity index (χ0n) is 9.13. The Kier molecular flexibility index (Phi) is 7.02. The number of rotatable bonds is 7. The number of ether oxygens (including phenoxy) is 1. The third-order valence-electron chi connectivity index (χ3n) is 1.97. The van der Waals surface area contributed by atoms with Gasteiger partial charge in [0.25, 0.3) is 0 Å². The zero-order valence-corrected chi connectivity index (χ0v) is 9.13. The van der Waals surface area contributed by atoms with Crippen LogP contribution in [0.2, 0.25) is 0 Å². The number of hydrogen-bond donors (Lipinski definition) is 1. The topological polar surface area (TPSA) is 55.4 Å². The van der Waals surface area contributed by atoms with E-state index in [1.165, 1.54) is 0 Å². The molecular weight excluding hydrogens is 182 g/mol. The van der Waals surface area contributed by atoms with Crippen molar-refractivity contribution in [2.75, 3.05) is 19.8 Å².